The lowest BCUT2D eigenvalue weighted by Crippen LogP contribution is -2.35. The van der Waals surface area contributed by atoms with E-state index >= 15 is 0 Å². The Kier molecular flexibility index (Phi) is 3.14. The van der Waals surface area contributed by atoms with Crippen molar-refractivity contribution in [2.45, 2.75) is 25.0 Å². The second kappa shape index (κ2) is 4.78. The van der Waals surface area contributed by atoms with Gasteiger partial charge in [0.05, 0.1) is 13.7 Å². The standard InChI is InChI=1S/C14H19NO3/c1-16-10-2-3-13-11(6-10)12(15)7-14(18-13)9-4-5-17-8-9/h2-3,6,9,12,14H,4-5,7-8,15H2,1H3/t9?,12-,14?/m1/s1. The third-order valence-electron chi connectivity index (χ3n) is 3.87. The molecule has 0 amide bonds. The molecule has 2 aliphatic rings. The molecule has 98 valence electrons. The van der Waals surface area contributed by atoms with Crippen LogP contribution in [0.15, 0.2) is 18.2 Å². The zero-order valence-corrected chi connectivity index (χ0v) is 10.6. The first-order valence-corrected chi connectivity index (χ1v) is 6.46. The topological polar surface area (TPSA) is 53.7 Å². The van der Waals surface area contributed by atoms with Crippen LogP contribution < -0.4 is 15.2 Å². The van der Waals surface area contributed by atoms with Crippen LogP contribution in [-0.2, 0) is 4.74 Å². The molecule has 1 aromatic rings. The number of benzene rings is 1. The van der Waals surface area contributed by atoms with Gasteiger partial charge in [-0.25, -0.2) is 0 Å². The zero-order chi connectivity index (χ0) is 12.5. The molecule has 18 heavy (non-hydrogen) atoms. The molecule has 0 spiro atoms. The van der Waals surface area contributed by atoms with Gasteiger partial charge >= 0.3 is 0 Å². The lowest BCUT2D eigenvalue weighted by molar-refractivity contribution is 0.0853. The molecule has 2 N–H and O–H groups in total. The number of hydrogen-bond acceptors (Lipinski definition) is 4. The van der Waals surface area contributed by atoms with Crippen molar-refractivity contribution in [2.24, 2.45) is 11.7 Å². The SMILES string of the molecule is COc1ccc2c(c1)[C@H](N)CC(C1CCOC1)O2. The molecule has 0 radical (unpaired) electrons. The summed E-state index contributed by atoms with van der Waals surface area (Å²) >= 11 is 0. The third kappa shape index (κ3) is 2.06. The second-order valence-electron chi connectivity index (χ2n) is 5.03. The molecule has 3 rings (SSSR count). The van der Waals surface area contributed by atoms with Crippen LogP contribution in [0, 0.1) is 5.92 Å². The number of methoxy groups -OCH3 is 1. The number of ether oxygens (including phenoxy) is 3. The maximum atomic E-state index is 6.25. The van der Waals surface area contributed by atoms with Gasteiger partial charge in [0, 0.05) is 30.6 Å². The molecule has 1 saturated heterocycles. The van der Waals surface area contributed by atoms with Gasteiger partial charge in [-0.05, 0) is 24.6 Å². The molecule has 0 bridgehead atoms. The van der Waals surface area contributed by atoms with Gasteiger partial charge in [0.2, 0.25) is 0 Å². The Balaban J connectivity index is 1.83. The first-order chi connectivity index (χ1) is 8.78. The van der Waals surface area contributed by atoms with Gasteiger partial charge in [0.15, 0.2) is 0 Å². The summed E-state index contributed by atoms with van der Waals surface area (Å²) in [6, 6.07) is 5.87. The molecule has 2 heterocycles. The van der Waals surface area contributed by atoms with Crippen LogP contribution in [0.5, 0.6) is 11.5 Å². The Morgan fingerprint density at radius 3 is 3.00 bits per heavy atom. The minimum atomic E-state index is 0.0226. The van der Waals surface area contributed by atoms with E-state index < -0.39 is 0 Å². The summed E-state index contributed by atoms with van der Waals surface area (Å²) in [5.41, 5.74) is 7.30. The Morgan fingerprint density at radius 1 is 1.39 bits per heavy atom. The number of rotatable bonds is 2. The molecule has 0 aliphatic carbocycles. The Morgan fingerprint density at radius 2 is 2.28 bits per heavy atom. The Hall–Kier alpha value is -1.26. The number of fused-ring (bicyclic) bond motifs is 1. The van der Waals surface area contributed by atoms with E-state index in [2.05, 4.69) is 0 Å². The van der Waals surface area contributed by atoms with Crippen molar-refractivity contribution in [3.05, 3.63) is 23.8 Å². The molecule has 0 aromatic heterocycles. The minimum absolute atomic E-state index is 0.0226. The highest BCUT2D eigenvalue weighted by molar-refractivity contribution is 5.43. The van der Waals surface area contributed by atoms with Crippen molar-refractivity contribution in [1.82, 2.24) is 0 Å². The fourth-order valence-electron chi connectivity index (χ4n) is 2.77. The van der Waals surface area contributed by atoms with Gasteiger partial charge in [0.25, 0.3) is 0 Å². The lowest BCUT2D eigenvalue weighted by Gasteiger charge is -2.33. The van der Waals surface area contributed by atoms with E-state index in [1.165, 1.54) is 0 Å². The Labute approximate surface area is 107 Å². The highest BCUT2D eigenvalue weighted by Gasteiger charge is 2.34. The van der Waals surface area contributed by atoms with Crippen molar-refractivity contribution in [1.29, 1.82) is 0 Å². The van der Waals surface area contributed by atoms with Crippen LogP contribution >= 0.6 is 0 Å². The number of nitrogens with two attached hydrogens (primary N) is 1. The monoisotopic (exact) mass is 249 g/mol. The van der Waals surface area contributed by atoms with Crippen molar-refractivity contribution in [2.75, 3.05) is 20.3 Å². The highest BCUT2D eigenvalue weighted by atomic mass is 16.5. The maximum absolute atomic E-state index is 6.25. The molecule has 1 aromatic carbocycles. The van der Waals surface area contributed by atoms with Crippen LogP contribution in [0.4, 0.5) is 0 Å². The summed E-state index contributed by atoms with van der Waals surface area (Å²) in [5, 5.41) is 0. The van der Waals surface area contributed by atoms with E-state index in [4.69, 9.17) is 19.9 Å². The summed E-state index contributed by atoms with van der Waals surface area (Å²) in [7, 11) is 1.66. The van der Waals surface area contributed by atoms with Gasteiger partial charge in [-0.3, -0.25) is 0 Å². The van der Waals surface area contributed by atoms with E-state index in [0.29, 0.717) is 5.92 Å². The van der Waals surface area contributed by atoms with Crippen LogP contribution in [-0.4, -0.2) is 26.4 Å². The van der Waals surface area contributed by atoms with E-state index in [0.717, 1.165) is 43.1 Å². The summed E-state index contributed by atoms with van der Waals surface area (Å²) in [6.07, 6.45) is 2.11. The van der Waals surface area contributed by atoms with Crippen LogP contribution in [0.2, 0.25) is 0 Å². The zero-order valence-electron chi connectivity index (χ0n) is 10.6. The maximum Gasteiger partial charge on any atom is 0.124 e. The molecule has 2 unspecified atom stereocenters. The first kappa shape index (κ1) is 11.8. The highest BCUT2D eigenvalue weighted by Crippen LogP contribution is 2.39. The second-order valence-corrected chi connectivity index (χ2v) is 5.03. The molecule has 0 saturated carbocycles. The van der Waals surface area contributed by atoms with Crippen molar-refractivity contribution in [3.63, 3.8) is 0 Å². The predicted octanol–water partition coefficient (Wildman–Crippen LogP) is 1.88. The summed E-state index contributed by atoms with van der Waals surface area (Å²) in [6.45, 7) is 1.64. The molecule has 1 fully saturated rings. The van der Waals surface area contributed by atoms with Crippen LogP contribution in [0.3, 0.4) is 0 Å². The van der Waals surface area contributed by atoms with E-state index in [1.54, 1.807) is 7.11 Å². The smallest absolute Gasteiger partial charge is 0.124 e. The van der Waals surface area contributed by atoms with Crippen LogP contribution in [0.1, 0.15) is 24.4 Å². The molecular weight excluding hydrogens is 230 g/mol. The predicted molar refractivity (Wildman–Crippen MR) is 67.9 cm³/mol. The van der Waals surface area contributed by atoms with E-state index in [-0.39, 0.29) is 12.1 Å². The molecule has 3 atom stereocenters. The third-order valence-corrected chi connectivity index (χ3v) is 3.87. The van der Waals surface area contributed by atoms with Gasteiger partial charge in [-0.2, -0.15) is 0 Å². The fraction of sp³-hybridized carbons (Fsp3) is 0.571. The largest absolute Gasteiger partial charge is 0.497 e. The van der Waals surface area contributed by atoms with Crippen molar-refractivity contribution >= 4 is 0 Å². The first-order valence-electron chi connectivity index (χ1n) is 6.46. The molecular formula is C14H19NO3. The Bertz CT molecular complexity index is 429. The average molecular weight is 249 g/mol. The van der Waals surface area contributed by atoms with Gasteiger partial charge in [0.1, 0.15) is 17.6 Å². The van der Waals surface area contributed by atoms with Gasteiger partial charge in [-0.1, -0.05) is 0 Å². The van der Waals surface area contributed by atoms with Crippen molar-refractivity contribution < 1.29 is 14.2 Å². The molecule has 4 nitrogen and oxygen atoms in total. The summed E-state index contributed by atoms with van der Waals surface area (Å²) < 4.78 is 16.7. The van der Waals surface area contributed by atoms with Gasteiger partial charge in [-0.15, -0.1) is 0 Å². The fourth-order valence-corrected chi connectivity index (χ4v) is 2.77. The van der Waals surface area contributed by atoms with E-state index in [1.807, 2.05) is 18.2 Å². The number of hydrogen-bond donors (Lipinski definition) is 1. The quantitative estimate of drug-likeness (QED) is 0.869. The minimum Gasteiger partial charge on any atom is -0.497 e. The van der Waals surface area contributed by atoms with Crippen molar-refractivity contribution in [3.8, 4) is 11.5 Å². The molecule has 4 heteroatoms. The summed E-state index contributed by atoms with van der Waals surface area (Å²) in [5.74, 6) is 2.20. The summed E-state index contributed by atoms with van der Waals surface area (Å²) in [4.78, 5) is 0. The lowest BCUT2D eigenvalue weighted by atomic mass is 9.90. The average Bonchev–Trinajstić information content (AvgIpc) is 2.92. The normalized spacial score (nSPS) is 30.7. The van der Waals surface area contributed by atoms with Gasteiger partial charge < -0.3 is 19.9 Å². The van der Waals surface area contributed by atoms with Crippen LogP contribution in [0.25, 0.3) is 0 Å². The van der Waals surface area contributed by atoms with E-state index in [9.17, 15) is 0 Å². The molecule has 2 aliphatic heterocycles.